The van der Waals surface area contributed by atoms with E-state index in [0.717, 1.165) is 0 Å². The summed E-state index contributed by atoms with van der Waals surface area (Å²) in [7, 11) is 1.24. The van der Waals surface area contributed by atoms with Crippen molar-refractivity contribution in [3.63, 3.8) is 0 Å². The van der Waals surface area contributed by atoms with E-state index in [1.807, 2.05) is 0 Å². The number of aromatic amines is 1. The number of imidazole rings is 1. The van der Waals surface area contributed by atoms with E-state index in [0.29, 0.717) is 59.8 Å². The fraction of sp³-hybridized carbons (Fsp3) is 0.367. The number of methoxy groups -OCH3 is 1. The second kappa shape index (κ2) is 14.2. The normalized spacial score (nSPS) is 17.5. The molecule has 0 saturated heterocycles. The molecule has 2 bridgehead atoms. The molecule has 45 heavy (non-hydrogen) atoms. The zero-order valence-corrected chi connectivity index (χ0v) is 25.8. The minimum atomic E-state index is -0.811. The van der Waals surface area contributed by atoms with E-state index in [1.54, 1.807) is 24.3 Å². The number of rotatable bonds is 2. The Morgan fingerprint density at radius 3 is 2.76 bits per heavy atom. The molecule has 3 heterocycles. The molecule has 0 saturated carbocycles. The molecule has 2 aliphatic heterocycles. The van der Waals surface area contributed by atoms with Gasteiger partial charge in [0.2, 0.25) is 11.8 Å². The van der Waals surface area contributed by atoms with E-state index < -0.39 is 23.8 Å². The van der Waals surface area contributed by atoms with Crippen LogP contribution in [0.15, 0.2) is 30.3 Å². The molecule has 0 radical (unpaired) electrons. The zero-order valence-electron chi connectivity index (χ0n) is 24.3. The first-order valence-corrected chi connectivity index (χ1v) is 15.1. The molecule has 15 heteroatoms. The molecule has 0 aliphatic carbocycles. The van der Waals surface area contributed by atoms with Gasteiger partial charge < -0.3 is 30.0 Å². The predicted molar refractivity (Wildman–Crippen MR) is 166 cm³/mol. The summed E-state index contributed by atoms with van der Waals surface area (Å²) in [6.45, 7) is -0.0606. The highest BCUT2D eigenvalue weighted by Gasteiger charge is 2.32. The van der Waals surface area contributed by atoms with Crippen molar-refractivity contribution in [2.45, 2.75) is 44.6 Å². The number of carbonyl (C=O) groups excluding carboxylic acids is 4. The molecular formula is C30H31Cl2FN6O6. The van der Waals surface area contributed by atoms with Crippen LogP contribution in [0.4, 0.5) is 26.2 Å². The SMILES string of the molecule is COC(=O)Nc1ccc2c(c1)NC(=O)CCCCC(C(=O)N1CCCOC(=O)CNc3ccc(Cl)c(F)c3C1)c1nc-2c(Cl)[nH]1. The largest absolute Gasteiger partial charge is 0.464 e. The van der Waals surface area contributed by atoms with Gasteiger partial charge in [0.05, 0.1) is 36.9 Å². The number of halogens is 3. The summed E-state index contributed by atoms with van der Waals surface area (Å²) >= 11 is 12.8. The molecule has 0 spiro atoms. The lowest BCUT2D eigenvalue weighted by Crippen LogP contribution is -2.37. The van der Waals surface area contributed by atoms with Gasteiger partial charge in [-0.1, -0.05) is 29.6 Å². The number of esters is 1. The van der Waals surface area contributed by atoms with Crippen molar-refractivity contribution in [2.75, 3.05) is 42.8 Å². The number of amides is 3. The Labute approximate surface area is 267 Å². The minimum Gasteiger partial charge on any atom is -0.464 e. The summed E-state index contributed by atoms with van der Waals surface area (Å²) in [6.07, 6.45) is 1.12. The molecule has 1 aromatic heterocycles. The number of aromatic nitrogens is 2. The van der Waals surface area contributed by atoms with Gasteiger partial charge in [-0.2, -0.15) is 0 Å². The molecule has 238 valence electrons. The van der Waals surface area contributed by atoms with Crippen molar-refractivity contribution < 1.29 is 33.0 Å². The van der Waals surface area contributed by atoms with Gasteiger partial charge in [-0.25, -0.2) is 14.2 Å². The van der Waals surface area contributed by atoms with Crippen molar-refractivity contribution in [2.24, 2.45) is 0 Å². The molecule has 4 N–H and O–H groups in total. The summed E-state index contributed by atoms with van der Waals surface area (Å²) in [5.74, 6) is -2.32. The monoisotopic (exact) mass is 660 g/mol. The first kappa shape index (κ1) is 32.0. The third-order valence-corrected chi connectivity index (χ3v) is 8.11. The van der Waals surface area contributed by atoms with Crippen LogP contribution in [0.2, 0.25) is 10.2 Å². The number of H-pyrrole nitrogens is 1. The Bertz CT molecular complexity index is 1630. The van der Waals surface area contributed by atoms with Crippen LogP contribution in [0.25, 0.3) is 11.3 Å². The molecule has 2 aliphatic rings. The highest BCUT2D eigenvalue weighted by Crippen LogP contribution is 2.37. The number of benzene rings is 2. The van der Waals surface area contributed by atoms with Crippen LogP contribution in [0, 0.1) is 5.82 Å². The van der Waals surface area contributed by atoms with Gasteiger partial charge in [0, 0.05) is 35.5 Å². The molecule has 1 atom stereocenters. The van der Waals surface area contributed by atoms with Crippen LogP contribution < -0.4 is 16.0 Å². The second-order valence-electron chi connectivity index (χ2n) is 10.6. The van der Waals surface area contributed by atoms with Crippen LogP contribution in [0.1, 0.15) is 49.4 Å². The summed E-state index contributed by atoms with van der Waals surface area (Å²) in [6, 6.07) is 7.74. The van der Waals surface area contributed by atoms with Gasteiger partial charge in [-0.15, -0.1) is 0 Å². The molecular weight excluding hydrogens is 630 g/mol. The number of hydrogen-bond donors (Lipinski definition) is 4. The Balaban J connectivity index is 1.52. The molecule has 0 fully saturated rings. The molecule has 2 aromatic carbocycles. The number of anilines is 3. The van der Waals surface area contributed by atoms with Gasteiger partial charge in [0.25, 0.3) is 0 Å². The lowest BCUT2D eigenvalue weighted by molar-refractivity contribution is -0.141. The van der Waals surface area contributed by atoms with Gasteiger partial charge in [-0.3, -0.25) is 19.7 Å². The van der Waals surface area contributed by atoms with E-state index in [9.17, 15) is 19.2 Å². The second-order valence-corrected chi connectivity index (χ2v) is 11.4. The zero-order chi connectivity index (χ0) is 32.1. The number of ether oxygens (including phenoxy) is 2. The number of nitrogens with zero attached hydrogens (tertiary/aromatic N) is 2. The van der Waals surface area contributed by atoms with E-state index >= 15 is 4.39 Å². The van der Waals surface area contributed by atoms with Crippen molar-refractivity contribution in [3.8, 4) is 11.3 Å². The number of fused-ring (bicyclic) bond motifs is 5. The van der Waals surface area contributed by atoms with Gasteiger partial charge in [0.1, 0.15) is 29.0 Å². The van der Waals surface area contributed by atoms with Gasteiger partial charge >= 0.3 is 12.1 Å². The average Bonchev–Trinajstić information content (AvgIpc) is 3.38. The summed E-state index contributed by atoms with van der Waals surface area (Å²) < 4.78 is 25.3. The number of hydrogen-bond acceptors (Lipinski definition) is 8. The first-order valence-electron chi connectivity index (χ1n) is 14.3. The van der Waals surface area contributed by atoms with Gasteiger partial charge in [0.15, 0.2) is 0 Å². The molecule has 1 unspecified atom stereocenters. The highest BCUT2D eigenvalue weighted by atomic mass is 35.5. The maximum absolute atomic E-state index is 15.4. The lowest BCUT2D eigenvalue weighted by atomic mass is 9.97. The minimum absolute atomic E-state index is 0.0734. The highest BCUT2D eigenvalue weighted by molar-refractivity contribution is 6.32. The standard InChI is InChI=1S/C30H31Cl2FN6O6/c1-44-30(43)35-16-7-8-17-22(13-16)36-23(40)6-3-2-5-18(28-37-26(17)27(32)38-28)29(42)39-11-4-12-45-24(41)14-34-21-10-9-20(31)25(33)19(21)15-39/h7-10,13,18,34H,2-6,11-12,14-15H2,1H3,(H,35,43)(H,36,40)(H,37,38). The topological polar surface area (TPSA) is 155 Å². The van der Waals surface area contributed by atoms with Crippen molar-refractivity contribution in [1.29, 1.82) is 0 Å². The molecule has 3 amide bonds. The molecule has 5 rings (SSSR count). The van der Waals surface area contributed by atoms with Crippen LogP contribution in [-0.2, 0) is 30.4 Å². The van der Waals surface area contributed by atoms with E-state index in [1.165, 1.54) is 18.1 Å². The third-order valence-electron chi connectivity index (χ3n) is 7.55. The van der Waals surface area contributed by atoms with Crippen LogP contribution >= 0.6 is 23.2 Å². The summed E-state index contributed by atoms with van der Waals surface area (Å²) in [5, 5.41) is 8.35. The van der Waals surface area contributed by atoms with Crippen LogP contribution in [0.3, 0.4) is 0 Å². The van der Waals surface area contributed by atoms with E-state index in [4.69, 9.17) is 32.9 Å². The van der Waals surface area contributed by atoms with E-state index in [-0.39, 0.29) is 60.2 Å². The Hall–Kier alpha value is -4.36. The first-order chi connectivity index (χ1) is 21.6. The Morgan fingerprint density at radius 2 is 1.96 bits per heavy atom. The predicted octanol–water partition coefficient (Wildman–Crippen LogP) is 5.68. The van der Waals surface area contributed by atoms with Crippen molar-refractivity contribution in [1.82, 2.24) is 14.9 Å². The van der Waals surface area contributed by atoms with Crippen LogP contribution in [0.5, 0.6) is 0 Å². The number of carbonyl (C=O) groups is 4. The number of cyclic esters (lactones) is 1. The lowest BCUT2D eigenvalue weighted by Gasteiger charge is -2.28. The maximum Gasteiger partial charge on any atom is 0.411 e. The molecule has 12 nitrogen and oxygen atoms in total. The quantitative estimate of drug-likeness (QED) is 0.256. The van der Waals surface area contributed by atoms with Crippen molar-refractivity contribution in [3.05, 3.63) is 57.7 Å². The smallest absolute Gasteiger partial charge is 0.411 e. The Morgan fingerprint density at radius 1 is 1.13 bits per heavy atom. The average molecular weight is 662 g/mol. The van der Waals surface area contributed by atoms with Crippen molar-refractivity contribution >= 4 is 64.1 Å². The maximum atomic E-state index is 15.4. The number of nitrogens with one attached hydrogen (secondary N) is 4. The van der Waals surface area contributed by atoms with Gasteiger partial charge in [-0.05, 0) is 49.6 Å². The fourth-order valence-electron chi connectivity index (χ4n) is 5.29. The molecule has 3 aromatic rings. The Kier molecular flexibility index (Phi) is 10.1. The van der Waals surface area contributed by atoms with Crippen LogP contribution in [-0.4, -0.2) is 65.6 Å². The summed E-state index contributed by atoms with van der Waals surface area (Å²) in [5.41, 5.74) is 1.95. The van der Waals surface area contributed by atoms with E-state index in [2.05, 4.69) is 25.7 Å². The summed E-state index contributed by atoms with van der Waals surface area (Å²) in [4.78, 5) is 60.3. The third kappa shape index (κ3) is 7.48. The fourth-order valence-corrected chi connectivity index (χ4v) is 5.71.